The second kappa shape index (κ2) is 6.36. The van der Waals surface area contributed by atoms with Crippen molar-refractivity contribution < 1.29 is 9.42 Å². The number of aromatic nitrogens is 2. The van der Waals surface area contributed by atoms with E-state index in [4.69, 9.17) is 4.63 Å². The van der Waals surface area contributed by atoms with Crippen molar-refractivity contribution in [2.24, 2.45) is 5.92 Å². The van der Waals surface area contributed by atoms with Crippen LogP contribution in [0.15, 0.2) is 35.0 Å². The molecular formula is C18H22N4O2. The molecular weight excluding hydrogens is 304 g/mol. The summed E-state index contributed by atoms with van der Waals surface area (Å²) in [5.41, 5.74) is 3.03. The van der Waals surface area contributed by atoms with Gasteiger partial charge in [-0.25, -0.2) is 4.63 Å². The third-order valence-electron chi connectivity index (χ3n) is 5.14. The van der Waals surface area contributed by atoms with E-state index in [9.17, 15) is 4.79 Å². The fourth-order valence-electron chi connectivity index (χ4n) is 3.50. The fourth-order valence-corrected chi connectivity index (χ4v) is 3.50. The van der Waals surface area contributed by atoms with Gasteiger partial charge in [0.05, 0.1) is 0 Å². The Bertz CT molecular complexity index is 707. The van der Waals surface area contributed by atoms with Gasteiger partial charge in [-0.2, -0.15) is 0 Å². The number of aryl methyl sites for hydroxylation is 1. The number of carbonyl (C=O) groups is 1. The zero-order valence-electron chi connectivity index (χ0n) is 13.9. The Balaban J connectivity index is 1.29. The number of piperazine rings is 1. The molecule has 2 aliphatic rings. The van der Waals surface area contributed by atoms with Gasteiger partial charge >= 0.3 is 0 Å². The lowest BCUT2D eigenvalue weighted by Crippen LogP contribution is -2.49. The van der Waals surface area contributed by atoms with Crippen molar-refractivity contribution >= 4 is 5.91 Å². The number of hydrogen-bond acceptors (Lipinski definition) is 5. The molecule has 1 aliphatic carbocycles. The summed E-state index contributed by atoms with van der Waals surface area (Å²) < 4.78 is 4.75. The van der Waals surface area contributed by atoms with Gasteiger partial charge < -0.3 is 4.90 Å². The molecule has 2 aromatic rings. The van der Waals surface area contributed by atoms with E-state index in [1.807, 2.05) is 17.9 Å². The molecule has 1 saturated heterocycles. The summed E-state index contributed by atoms with van der Waals surface area (Å²) in [5, 5.41) is 7.75. The molecule has 1 amide bonds. The number of amides is 1. The Kier molecular flexibility index (Phi) is 4.06. The number of rotatable bonds is 4. The summed E-state index contributed by atoms with van der Waals surface area (Å²) in [4.78, 5) is 17.0. The molecule has 2 heterocycles. The summed E-state index contributed by atoms with van der Waals surface area (Å²) in [6.45, 7) is 5.99. The summed E-state index contributed by atoms with van der Waals surface area (Å²) in [7, 11) is 0. The summed E-state index contributed by atoms with van der Waals surface area (Å²) in [6.07, 6.45) is 0.993. The van der Waals surface area contributed by atoms with Crippen LogP contribution in [0.5, 0.6) is 0 Å². The molecule has 6 nitrogen and oxygen atoms in total. The van der Waals surface area contributed by atoms with E-state index in [2.05, 4.69) is 39.5 Å². The van der Waals surface area contributed by atoms with Crippen LogP contribution in [-0.4, -0.2) is 52.2 Å². The second-order valence-corrected chi connectivity index (χ2v) is 6.76. The maximum Gasteiger partial charge on any atom is 0.226 e. The Morgan fingerprint density at radius 1 is 1.17 bits per heavy atom. The lowest BCUT2D eigenvalue weighted by atomic mass is 10.1. The Hall–Kier alpha value is -2.21. The van der Waals surface area contributed by atoms with Gasteiger partial charge in [0.25, 0.3) is 0 Å². The Labute approximate surface area is 141 Å². The van der Waals surface area contributed by atoms with Gasteiger partial charge in [-0.1, -0.05) is 40.6 Å². The topological polar surface area (TPSA) is 62.5 Å². The zero-order valence-corrected chi connectivity index (χ0v) is 13.9. The van der Waals surface area contributed by atoms with Crippen LogP contribution in [0, 0.1) is 12.8 Å². The van der Waals surface area contributed by atoms with Gasteiger partial charge in [0, 0.05) is 38.6 Å². The predicted octanol–water partition coefficient (Wildman–Crippen LogP) is 1.83. The quantitative estimate of drug-likeness (QED) is 0.858. The van der Waals surface area contributed by atoms with Crippen LogP contribution >= 0.6 is 0 Å². The van der Waals surface area contributed by atoms with Crippen molar-refractivity contribution in [2.75, 3.05) is 26.2 Å². The lowest BCUT2D eigenvalue weighted by Gasteiger charge is -2.34. The molecule has 4 rings (SSSR count). The number of benzene rings is 1. The van der Waals surface area contributed by atoms with Crippen LogP contribution in [0.2, 0.25) is 0 Å². The monoisotopic (exact) mass is 326 g/mol. The van der Waals surface area contributed by atoms with Crippen LogP contribution in [0.4, 0.5) is 0 Å². The van der Waals surface area contributed by atoms with E-state index in [1.165, 1.54) is 5.56 Å². The van der Waals surface area contributed by atoms with Gasteiger partial charge in [-0.05, 0) is 24.8 Å². The molecule has 126 valence electrons. The number of hydrogen-bond donors (Lipinski definition) is 0. The lowest BCUT2D eigenvalue weighted by molar-refractivity contribution is -0.134. The van der Waals surface area contributed by atoms with Crippen molar-refractivity contribution in [3.05, 3.63) is 47.3 Å². The standard InChI is InChI=1S/C18H22N4O2/c1-13-17(20-24-19-13)12-21-7-9-22(10-8-21)18(23)16-11-15(16)14-5-3-2-4-6-14/h2-6,15-16H,7-12H2,1H3. The Morgan fingerprint density at radius 2 is 1.92 bits per heavy atom. The largest absolute Gasteiger partial charge is 0.340 e. The minimum atomic E-state index is 0.181. The SMILES string of the molecule is Cc1nonc1CN1CCN(C(=O)C2CC2c2ccccc2)CC1. The zero-order chi connectivity index (χ0) is 16.5. The van der Waals surface area contributed by atoms with Gasteiger partial charge in [-0.3, -0.25) is 9.69 Å². The molecule has 0 spiro atoms. The summed E-state index contributed by atoms with van der Waals surface area (Å²) in [6, 6.07) is 10.4. The van der Waals surface area contributed by atoms with E-state index < -0.39 is 0 Å². The first-order valence-corrected chi connectivity index (χ1v) is 8.56. The van der Waals surface area contributed by atoms with Gasteiger partial charge in [-0.15, -0.1) is 0 Å². The predicted molar refractivity (Wildman–Crippen MR) is 88.2 cm³/mol. The van der Waals surface area contributed by atoms with E-state index in [1.54, 1.807) is 0 Å². The van der Waals surface area contributed by atoms with Crippen LogP contribution in [-0.2, 0) is 11.3 Å². The smallest absolute Gasteiger partial charge is 0.226 e. The van der Waals surface area contributed by atoms with Gasteiger partial charge in [0.15, 0.2) is 0 Å². The highest BCUT2D eigenvalue weighted by molar-refractivity contribution is 5.83. The molecule has 2 fully saturated rings. The molecule has 1 aliphatic heterocycles. The highest BCUT2D eigenvalue weighted by atomic mass is 16.6. The second-order valence-electron chi connectivity index (χ2n) is 6.76. The Morgan fingerprint density at radius 3 is 2.58 bits per heavy atom. The van der Waals surface area contributed by atoms with Crippen LogP contribution in [0.3, 0.4) is 0 Å². The molecule has 1 aromatic heterocycles. The normalized spacial score (nSPS) is 24.1. The minimum Gasteiger partial charge on any atom is -0.340 e. The van der Waals surface area contributed by atoms with Crippen molar-refractivity contribution in [1.82, 2.24) is 20.1 Å². The van der Waals surface area contributed by atoms with Crippen LogP contribution in [0.25, 0.3) is 0 Å². The summed E-state index contributed by atoms with van der Waals surface area (Å²) >= 11 is 0. The number of nitrogens with zero attached hydrogens (tertiary/aromatic N) is 4. The maximum absolute atomic E-state index is 12.7. The van der Waals surface area contributed by atoms with E-state index in [0.717, 1.165) is 50.5 Å². The van der Waals surface area contributed by atoms with E-state index >= 15 is 0 Å². The average Bonchev–Trinajstić information content (AvgIpc) is 3.33. The molecule has 24 heavy (non-hydrogen) atoms. The number of carbonyl (C=O) groups excluding carboxylic acids is 1. The van der Waals surface area contributed by atoms with Gasteiger partial charge in [0.1, 0.15) is 11.4 Å². The van der Waals surface area contributed by atoms with E-state index in [-0.39, 0.29) is 5.92 Å². The summed E-state index contributed by atoms with van der Waals surface area (Å²) in [5.74, 6) is 0.921. The highest BCUT2D eigenvalue weighted by Crippen LogP contribution is 2.48. The molecule has 0 N–H and O–H groups in total. The van der Waals surface area contributed by atoms with Crippen molar-refractivity contribution in [3.8, 4) is 0 Å². The first-order chi connectivity index (χ1) is 11.7. The molecule has 1 aromatic carbocycles. The van der Waals surface area contributed by atoms with Crippen LogP contribution < -0.4 is 0 Å². The molecule has 0 radical (unpaired) electrons. The third kappa shape index (κ3) is 3.06. The molecule has 0 bridgehead atoms. The van der Waals surface area contributed by atoms with Gasteiger partial charge in [0.2, 0.25) is 5.91 Å². The fraction of sp³-hybridized carbons (Fsp3) is 0.500. The molecule has 2 atom stereocenters. The average molecular weight is 326 g/mol. The minimum absolute atomic E-state index is 0.181. The molecule has 1 saturated carbocycles. The first kappa shape index (κ1) is 15.3. The van der Waals surface area contributed by atoms with Crippen molar-refractivity contribution in [3.63, 3.8) is 0 Å². The van der Waals surface area contributed by atoms with Crippen LogP contribution in [0.1, 0.15) is 29.3 Å². The van der Waals surface area contributed by atoms with Crippen molar-refractivity contribution in [1.29, 1.82) is 0 Å². The first-order valence-electron chi connectivity index (χ1n) is 8.56. The third-order valence-corrected chi connectivity index (χ3v) is 5.14. The van der Waals surface area contributed by atoms with E-state index in [0.29, 0.717) is 11.8 Å². The van der Waals surface area contributed by atoms with Crippen molar-refractivity contribution in [2.45, 2.75) is 25.8 Å². The molecule has 6 heteroatoms. The molecule has 2 unspecified atom stereocenters. The maximum atomic E-state index is 12.7. The highest BCUT2D eigenvalue weighted by Gasteiger charge is 2.45.